The topological polar surface area (TPSA) is 111 Å². The molecular formula is C49H34N4O5. The maximum atomic E-state index is 15.0. The van der Waals surface area contributed by atoms with Crippen LogP contribution in [-0.2, 0) is 0 Å². The largest absolute Gasteiger partial charge is 0.497 e. The zero-order valence-corrected chi connectivity index (χ0v) is 32.0. The molecule has 0 fully saturated rings. The minimum atomic E-state index is -0.143. The number of nitrogens with one attached hydrogen (secondary N) is 2. The normalized spacial score (nSPS) is 12.1. The third-order valence-electron chi connectivity index (χ3n) is 11.5. The van der Waals surface area contributed by atoms with Crippen molar-refractivity contribution < 1.29 is 18.9 Å². The van der Waals surface area contributed by atoms with Crippen LogP contribution >= 0.6 is 0 Å². The zero-order valence-electron chi connectivity index (χ0n) is 32.0. The molecule has 0 saturated heterocycles. The molecule has 2 aliphatic carbocycles. The van der Waals surface area contributed by atoms with Crippen LogP contribution in [0.2, 0.25) is 0 Å². The lowest BCUT2D eigenvalue weighted by Gasteiger charge is -2.11. The summed E-state index contributed by atoms with van der Waals surface area (Å²) in [5.41, 5.74) is 11.1. The van der Waals surface area contributed by atoms with E-state index in [0.717, 1.165) is 94.0 Å². The van der Waals surface area contributed by atoms with Gasteiger partial charge in [-0.05, 0) is 107 Å². The summed E-state index contributed by atoms with van der Waals surface area (Å²) in [5, 5.41) is 4.68. The van der Waals surface area contributed by atoms with Crippen molar-refractivity contribution in [1.29, 1.82) is 0 Å². The molecule has 0 saturated carbocycles. The van der Waals surface area contributed by atoms with Gasteiger partial charge in [-0.15, -0.1) is 0 Å². The zero-order chi connectivity index (χ0) is 39.2. The Bertz CT molecular complexity index is 3430. The standard InChI is InChI=1S/C49H34N4O5/c1-55-27-10-5-8-25(22-27)40-33-16-17-34(50-33)41(26-9-6-11-28(23-26)56-2)36-19-21-38(52-36)43-32-24-29(57-3)14-15-30(32)45-46-48(53-47(43)45)42(37-20-18-35(40)51-37)31-12-7-13-39(58-4)44(31)49(46)54/h5-24,50,52H,1-4H3. The second kappa shape index (κ2) is 12.7. The van der Waals surface area contributed by atoms with Crippen LogP contribution in [0.4, 0.5) is 0 Å². The summed E-state index contributed by atoms with van der Waals surface area (Å²) in [4.78, 5) is 33.5. The molecule has 2 aliphatic heterocycles. The average Bonchev–Trinajstić information content (AvgIpc) is 4.12. The van der Waals surface area contributed by atoms with Gasteiger partial charge in [0.2, 0.25) is 0 Å². The Kier molecular flexibility index (Phi) is 7.37. The summed E-state index contributed by atoms with van der Waals surface area (Å²) in [6.45, 7) is 0. The first-order valence-corrected chi connectivity index (χ1v) is 18.9. The van der Waals surface area contributed by atoms with Crippen LogP contribution in [0, 0.1) is 0 Å². The highest BCUT2D eigenvalue weighted by molar-refractivity contribution is 6.27. The first-order chi connectivity index (χ1) is 28.5. The predicted molar refractivity (Wildman–Crippen MR) is 233 cm³/mol. The van der Waals surface area contributed by atoms with Crippen LogP contribution in [0.15, 0.2) is 114 Å². The number of ether oxygens (including phenoxy) is 4. The number of hydrogen-bond donors (Lipinski definition) is 2. The van der Waals surface area contributed by atoms with Gasteiger partial charge in [-0.25, -0.2) is 9.97 Å². The Labute approximate surface area is 331 Å². The summed E-state index contributed by atoms with van der Waals surface area (Å²) in [5.74, 6) is 2.66. The second-order valence-electron chi connectivity index (χ2n) is 14.4. The maximum absolute atomic E-state index is 15.0. The molecule has 5 heterocycles. The van der Waals surface area contributed by atoms with Gasteiger partial charge in [-0.3, -0.25) is 4.79 Å². The van der Waals surface area contributed by atoms with Gasteiger partial charge in [0.15, 0.2) is 5.43 Å². The monoisotopic (exact) mass is 758 g/mol. The van der Waals surface area contributed by atoms with Gasteiger partial charge in [0.05, 0.1) is 62.2 Å². The van der Waals surface area contributed by atoms with Gasteiger partial charge in [0, 0.05) is 54.9 Å². The molecule has 0 atom stereocenters. The Morgan fingerprint density at radius 2 is 1.05 bits per heavy atom. The fourth-order valence-electron chi connectivity index (χ4n) is 8.91. The molecule has 58 heavy (non-hydrogen) atoms. The number of methoxy groups -OCH3 is 4. The van der Waals surface area contributed by atoms with E-state index >= 15 is 4.79 Å². The fraction of sp³-hybridized carbons (Fsp3) is 0.0816. The summed E-state index contributed by atoms with van der Waals surface area (Å²) in [7, 11) is 6.60. The lowest BCUT2D eigenvalue weighted by atomic mass is 9.94. The highest BCUT2D eigenvalue weighted by Crippen LogP contribution is 2.51. The van der Waals surface area contributed by atoms with E-state index in [9.17, 15) is 0 Å². The Hall–Kier alpha value is -7.65. The van der Waals surface area contributed by atoms with E-state index in [1.165, 1.54) is 0 Å². The Morgan fingerprint density at radius 3 is 1.76 bits per heavy atom. The molecule has 3 aromatic heterocycles. The van der Waals surface area contributed by atoms with Crippen molar-refractivity contribution in [2.75, 3.05) is 28.4 Å². The number of benzene rings is 5. The summed E-state index contributed by atoms with van der Waals surface area (Å²) in [6.07, 6.45) is 4.05. The molecule has 0 amide bonds. The van der Waals surface area contributed by atoms with Crippen LogP contribution < -0.4 is 24.4 Å². The number of rotatable bonds is 6. The fourth-order valence-corrected chi connectivity index (χ4v) is 8.91. The minimum Gasteiger partial charge on any atom is -0.497 e. The molecule has 0 spiro atoms. The molecular weight excluding hydrogens is 725 g/mol. The SMILES string of the molecule is COc1cccc(-c2c3nc(c4c5nc6c(c7ccc([nH]7)c(-c7cccc(OC)c7)c7ccc2[nH]7)c2cc(OC)ccc2c-6c-5c(=O)c2c(OC)cccc42)C=C3)c1. The first-order valence-electron chi connectivity index (χ1n) is 18.9. The van der Waals surface area contributed by atoms with E-state index in [0.29, 0.717) is 39.5 Å². The number of aromatic amines is 2. The van der Waals surface area contributed by atoms with Crippen molar-refractivity contribution in [1.82, 2.24) is 19.9 Å². The third kappa shape index (κ3) is 4.80. The van der Waals surface area contributed by atoms with Gasteiger partial charge in [0.25, 0.3) is 0 Å². The molecule has 9 nitrogen and oxygen atoms in total. The molecule has 4 aromatic carbocycles. The van der Waals surface area contributed by atoms with Crippen LogP contribution in [0.1, 0.15) is 11.4 Å². The van der Waals surface area contributed by atoms with Gasteiger partial charge in [-0.1, -0.05) is 36.4 Å². The number of fused-ring (bicyclic) bond motifs is 14. The Balaban J connectivity index is 1.41. The van der Waals surface area contributed by atoms with Crippen LogP contribution in [0.25, 0.3) is 111 Å². The molecule has 9 heteroatoms. The average molecular weight is 759 g/mol. The van der Waals surface area contributed by atoms with Crippen LogP contribution in [0.5, 0.6) is 23.0 Å². The number of aromatic nitrogens is 4. The highest BCUT2D eigenvalue weighted by atomic mass is 16.5. The smallest absolute Gasteiger partial charge is 0.200 e. The molecule has 0 radical (unpaired) electrons. The van der Waals surface area contributed by atoms with E-state index in [4.69, 9.17) is 28.9 Å². The van der Waals surface area contributed by atoms with Gasteiger partial charge < -0.3 is 28.9 Å². The van der Waals surface area contributed by atoms with Crippen molar-refractivity contribution in [3.05, 3.63) is 131 Å². The van der Waals surface area contributed by atoms with Crippen molar-refractivity contribution in [3.8, 4) is 67.8 Å². The van der Waals surface area contributed by atoms with Crippen molar-refractivity contribution in [2.45, 2.75) is 0 Å². The highest BCUT2D eigenvalue weighted by Gasteiger charge is 2.32. The summed E-state index contributed by atoms with van der Waals surface area (Å²) < 4.78 is 23.0. The lowest BCUT2D eigenvalue weighted by molar-refractivity contribution is 0.415. The van der Waals surface area contributed by atoms with Crippen molar-refractivity contribution in [2.24, 2.45) is 0 Å². The van der Waals surface area contributed by atoms with Gasteiger partial charge in [0.1, 0.15) is 23.0 Å². The molecule has 8 bridgehead atoms. The van der Waals surface area contributed by atoms with Crippen molar-refractivity contribution in [3.63, 3.8) is 0 Å². The maximum Gasteiger partial charge on any atom is 0.200 e. The van der Waals surface area contributed by atoms with E-state index in [2.05, 4.69) is 46.4 Å². The molecule has 11 rings (SSSR count). The van der Waals surface area contributed by atoms with Crippen LogP contribution in [0.3, 0.4) is 0 Å². The summed E-state index contributed by atoms with van der Waals surface area (Å²) in [6, 6.07) is 36.1. The second-order valence-corrected chi connectivity index (χ2v) is 14.4. The van der Waals surface area contributed by atoms with E-state index in [-0.39, 0.29) is 5.43 Å². The van der Waals surface area contributed by atoms with E-state index in [1.54, 1.807) is 28.4 Å². The molecule has 4 aliphatic rings. The van der Waals surface area contributed by atoms with E-state index in [1.807, 2.05) is 84.9 Å². The minimum absolute atomic E-state index is 0.143. The van der Waals surface area contributed by atoms with Gasteiger partial charge >= 0.3 is 0 Å². The predicted octanol–water partition coefficient (Wildman–Crippen LogP) is 10.9. The molecule has 2 N–H and O–H groups in total. The molecule has 7 aromatic rings. The molecule has 280 valence electrons. The molecule has 0 unspecified atom stereocenters. The Morgan fingerprint density at radius 1 is 0.448 bits per heavy atom. The first kappa shape index (κ1) is 33.7. The van der Waals surface area contributed by atoms with Crippen molar-refractivity contribution >= 4 is 66.5 Å². The third-order valence-corrected chi connectivity index (χ3v) is 11.5. The quantitative estimate of drug-likeness (QED) is 0.174. The lowest BCUT2D eigenvalue weighted by Crippen LogP contribution is -2.08. The number of H-pyrrole nitrogens is 2. The van der Waals surface area contributed by atoms with E-state index < -0.39 is 0 Å². The number of hydrogen-bond acceptors (Lipinski definition) is 7. The van der Waals surface area contributed by atoms with Crippen LogP contribution in [-0.4, -0.2) is 48.4 Å². The summed E-state index contributed by atoms with van der Waals surface area (Å²) >= 11 is 0. The number of nitrogens with zero attached hydrogens (tertiary/aromatic N) is 2. The van der Waals surface area contributed by atoms with Gasteiger partial charge in [-0.2, -0.15) is 0 Å².